The minimum Gasteiger partial charge on any atom is -0.491 e. The van der Waals surface area contributed by atoms with Gasteiger partial charge in [-0.15, -0.1) is 0 Å². The second-order valence-electron chi connectivity index (χ2n) is 7.83. The van der Waals surface area contributed by atoms with E-state index in [9.17, 15) is 0 Å². The zero-order chi connectivity index (χ0) is 23.9. The van der Waals surface area contributed by atoms with Crippen LogP contribution in [0.25, 0.3) is 0 Å². The molecule has 188 valence electrons. The van der Waals surface area contributed by atoms with Crippen LogP contribution in [0.5, 0.6) is 5.75 Å². The molecule has 1 aromatic rings. The van der Waals surface area contributed by atoms with Crippen molar-refractivity contribution in [2.75, 3.05) is 46.2 Å². The van der Waals surface area contributed by atoms with Gasteiger partial charge in [-0.1, -0.05) is 58.1 Å². The van der Waals surface area contributed by atoms with Gasteiger partial charge < -0.3 is 34.6 Å². The van der Waals surface area contributed by atoms with Crippen LogP contribution in [0.3, 0.4) is 0 Å². The summed E-state index contributed by atoms with van der Waals surface area (Å²) in [6, 6.07) is 8.24. The fourth-order valence-corrected chi connectivity index (χ4v) is 2.77. The Labute approximate surface area is 194 Å². The molecule has 0 heterocycles. The third-order valence-electron chi connectivity index (χ3n) is 4.63. The molecule has 32 heavy (non-hydrogen) atoms. The lowest BCUT2D eigenvalue weighted by molar-refractivity contribution is -0.00138. The van der Waals surface area contributed by atoms with E-state index in [0.717, 1.165) is 18.6 Å². The third-order valence-corrected chi connectivity index (χ3v) is 4.63. The molecule has 1 rings (SSSR count). The number of benzene rings is 1. The van der Waals surface area contributed by atoms with E-state index in [4.69, 9.17) is 34.6 Å². The average Bonchev–Trinajstić information content (AvgIpc) is 2.82. The number of aliphatic hydroxyl groups is 4. The highest BCUT2D eigenvalue weighted by Crippen LogP contribution is 2.15. The molecule has 0 aliphatic carbocycles. The fourth-order valence-electron chi connectivity index (χ4n) is 2.77. The van der Waals surface area contributed by atoms with Crippen molar-refractivity contribution in [1.82, 2.24) is 0 Å². The summed E-state index contributed by atoms with van der Waals surface area (Å²) in [5, 5.41) is 34.8. The van der Waals surface area contributed by atoms with Crippen molar-refractivity contribution in [2.45, 2.75) is 77.4 Å². The van der Waals surface area contributed by atoms with E-state index in [2.05, 4.69) is 19.1 Å². The smallest absolute Gasteiger partial charge is 0.119 e. The highest BCUT2D eigenvalue weighted by molar-refractivity contribution is 5.27. The second-order valence-corrected chi connectivity index (χ2v) is 7.83. The number of hydrogen-bond donors (Lipinski definition) is 4. The van der Waals surface area contributed by atoms with Gasteiger partial charge in [0.25, 0.3) is 0 Å². The van der Waals surface area contributed by atoms with Crippen molar-refractivity contribution in [3.8, 4) is 5.75 Å². The van der Waals surface area contributed by atoms with E-state index in [0.29, 0.717) is 19.8 Å². The Balaban J connectivity index is 0.000000900. The van der Waals surface area contributed by atoms with E-state index in [1.807, 2.05) is 19.1 Å². The first-order valence-corrected chi connectivity index (χ1v) is 12.0. The molecule has 2 unspecified atom stereocenters. The van der Waals surface area contributed by atoms with Crippen LogP contribution < -0.4 is 4.74 Å². The summed E-state index contributed by atoms with van der Waals surface area (Å²) in [6.07, 6.45) is 8.49. The monoisotopic (exact) mass is 458 g/mol. The van der Waals surface area contributed by atoms with Crippen LogP contribution in [-0.2, 0) is 15.9 Å². The maximum atomic E-state index is 9.12. The van der Waals surface area contributed by atoms with Gasteiger partial charge >= 0.3 is 0 Å². The maximum Gasteiger partial charge on any atom is 0.119 e. The Kier molecular flexibility index (Phi) is 22.1. The lowest BCUT2D eigenvalue weighted by atomic mass is 10.0. The Hall–Kier alpha value is -1.22. The van der Waals surface area contributed by atoms with Crippen LogP contribution in [0.2, 0.25) is 0 Å². The Bertz CT molecular complexity index is 496. The van der Waals surface area contributed by atoms with Gasteiger partial charge in [-0.05, 0) is 37.0 Å². The topological polar surface area (TPSA) is 109 Å². The van der Waals surface area contributed by atoms with Crippen LogP contribution in [0.1, 0.15) is 64.4 Å². The van der Waals surface area contributed by atoms with E-state index in [-0.39, 0.29) is 26.4 Å². The molecule has 2 atom stereocenters. The summed E-state index contributed by atoms with van der Waals surface area (Å²) >= 11 is 0. The molecular formula is C25H46O7. The first kappa shape index (κ1) is 30.8. The first-order valence-electron chi connectivity index (χ1n) is 12.0. The Morgan fingerprint density at radius 3 is 1.81 bits per heavy atom. The maximum absolute atomic E-state index is 9.12. The number of ether oxygens (including phenoxy) is 3. The van der Waals surface area contributed by atoms with Crippen molar-refractivity contribution < 1.29 is 34.6 Å². The Morgan fingerprint density at radius 1 is 0.688 bits per heavy atom. The lowest BCUT2D eigenvalue weighted by Crippen LogP contribution is -2.21. The molecule has 1 aromatic carbocycles. The SMILES string of the molecule is CCCCCCCCc1ccc(OCCOCC(O)CO)cc1.CCCOCC(O)CO. The Morgan fingerprint density at radius 2 is 1.25 bits per heavy atom. The predicted molar refractivity (Wildman–Crippen MR) is 127 cm³/mol. The van der Waals surface area contributed by atoms with Gasteiger partial charge in [0.1, 0.15) is 24.6 Å². The van der Waals surface area contributed by atoms with Gasteiger partial charge in [-0.2, -0.15) is 0 Å². The standard InChI is InChI=1S/C19H32O4.C6H14O3/c1-2-3-4-5-6-7-8-17-9-11-19(12-10-17)23-14-13-22-16-18(21)15-20;1-2-3-9-5-6(8)4-7/h9-12,18,20-21H,2-8,13-16H2,1H3;6-8H,2-5H2,1H3. The zero-order valence-corrected chi connectivity index (χ0v) is 20.1. The molecule has 0 bridgehead atoms. The second kappa shape index (κ2) is 23.0. The minimum absolute atomic E-state index is 0.136. The van der Waals surface area contributed by atoms with Gasteiger partial charge in [0.15, 0.2) is 0 Å². The molecule has 0 saturated heterocycles. The van der Waals surface area contributed by atoms with Crippen LogP contribution in [0.15, 0.2) is 24.3 Å². The molecule has 4 N–H and O–H groups in total. The summed E-state index contributed by atoms with van der Waals surface area (Å²) in [4.78, 5) is 0. The molecule has 0 aliphatic heterocycles. The zero-order valence-electron chi connectivity index (χ0n) is 20.1. The molecule has 7 nitrogen and oxygen atoms in total. The van der Waals surface area contributed by atoms with Crippen LogP contribution in [-0.4, -0.2) is 78.9 Å². The molecule has 0 saturated carbocycles. The highest BCUT2D eigenvalue weighted by Gasteiger charge is 2.02. The molecule has 0 aliphatic rings. The largest absolute Gasteiger partial charge is 0.491 e. The van der Waals surface area contributed by atoms with Gasteiger partial charge in [-0.25, -0.2) is 0 Å². The third kappa shape index (κ3) is 19.5. The number of rotatable bonds is 19. The van der Waals surface area contributed by atoms with Gasteiger partial charge in [0.05, 0.1) is 33.0 Å². The van der Waals surface area contributed by atoms with E-state index < -0.39 is 12.2 Å². The van der Waals surface area contributed by atoms with Crippen molar-refractivity contribution in [3.05, 3.63) is 29.8 Å². The molecule has 0 radical (unpaired) electrons. The molecular weight excluding hydrogens is 412 g/mol. The van der Waals surface area contributed by atoms with Crippen molar-refractivity contribution in [2.24, 2.45) is 0 Å². The number of unbranched alkanes of at least 4 members (excludes halogenated alkanes) is 5. The predicted octanol–water partition coefficient (Wildman–Crippen LogP) is 3.10. The summed E-state index contributed by atoms with van der Waals surface area (Å²) in [5.41, 5.74) is 1.36. The highest BCUT2D eigenvalue weighted by atomic mass is 16.5. The summed E-state index contributed by atoms with van der Waals surface area (Å²) in [7, 11) is 0. The summed E-state index contributed by atoms with van der Waals surface area (Å²) in [6.45, 7) is 5.61. The van der Waals surface area contributed by atoms with E-state index >= 15 is 0 Å². The van der Waals surface area contributed by atoms with Crippen LogP contribution in [0.4, 0.5) is 0 Å². The summed E-state index contributed by atoms with van der Waals surface area (Å²) in [5.74, 6) is 0.836. The molecule has 7 heteroatoms. The quantitative estimate of drug-likeness (QED) is 0.236. The molecule has 0 amide bonds. The van der Waals surface area contributed by atoms with Crippen LogP contribution in [0, 0.1) is 0 Å². The van der Waals surface area contributed by atoms with Crippen LogP contribution >= 0.6 is 0 Å². The molecule has 0 fully saturated rings. The van der Waals surface area contributed by atoms with Gasteiger partial charge in [0, 0.05) is 6.61 Å². The minimum atomic E-state index is -0.809. The van der Waals surface area contributed by atoms with E-state index in [1.165, 1.54) is 44.1 Å². The normalized spacial score (nSPS) is 12.7. The molecule has 0 aromatic heterocycles. The number of hydrogen-bond acceptors (Lipinski definition) is 7. The molecule has 0 spiro atoms. The van der Waals surface area contributed by atoms with E-state index in [1.54, 1.807) is 0 Å². The van der Waals surface area contributed by atoms with Crippen molar-refractivity contribution in [1.29, 1.82) is 0 Å². The van der Waals surface area contributed by atoms with Gasteiger partial charge in [0.2, 0.25) is 0 Å². The first-order chi connectivity index (χ1) is 15.6. The fraction of sp³-hybridized carbons (Fsp3) is 0.760. The number of aliphatic hydroxyl groups excluding tert-OH is 4. The van der Waals surface area contributed by atoms with Gasteiger partial charge in [-0.3, -0.25) is 0 Å². The van der Waals surface area contributed by atoms with Crippen molar-refractivity contribution >= 4 is 0 Å². The lowest BCUT2D eigenvalue weighted by Gasteiger charge is -2.10. The number of aryl methyl sites for hydroxylation is 1. The van der Waals surface area contributed by atoms with Crippen molar-refractivity contribution in [3.63, 3.8) is 0 Å². The summed E-state index contributed by atoms with van der Waals surface area (Å²) < 4.78 is 15.7. The average molecular weight is 459 g/mol.